The Kier molecular flexibility index (Phi) is 5.17. The van der Waals surface area contributed by atoms with E-state index in [0.29, 0.717) is 5.56 Å². The summed E-state index contributed by atoms with van der Waals surface area (Å²) in [6, 6.07) is 15.0. The van der Waals surface area contributed by atoms with Crippen LogP contribution in [0.25, 0.3) is 0 Å². The topological polar surface area (TPSA) is 52.6 Å². The number of aliphatic hydroxyl groups excluding tert-OH is 1. The van der Waals surface area contributed by atoms with Gasteiger partial charge in [-0.05, 0) is 36.2 Å². The Morgan fingerprint density at radius 3 is 2.36 bits per heavy atom. The molecule has 1 amide bonds. The minimum absolute atomic E-state index is 0.165. The molecule has 4 nitrogen and oxygen atoms in total. The first-order chi connectivity index (χ1) is 10.5. The van der Waals surface area contributed by atoms with Crippen LogP contribution in [0.3, 0.4) is 0 Å². The van der Waals surface area contributed by atoms with Crippen molar-refractivity contribution in [3.8, 4) is 0 Å². The van der Waals surface area contributed by atoms with Crippen molar-refractivity contribution in [2.24, 2.45) is 0 Å². The van der Waals surface area contributed by atoms with Gasteiger partial charge in [-0.3, -0.25) is 4.79 Å². The molecule has 0 aliphatic carbocycles. The van der Waals surface area contributed by atoms with Gasteiger partial charge < -0.3 is 15.3 Å². The molecule has 0 heterocycles. The van der Waals surface area contributed by atoms with Gasteiger partial charge in [-0.1, -0.05) is 30.3 Å². The summed E-state index contributed by atoms with van der Waals surface area (Å²) in [5.41, 5.74) is 3.41. The fourth-order valence-corrected chi connectivity index (χ4v) is 2.22. The number of benzene rings is 2. The summed E-state index contributed by atoms with van der Waals surface area (Å²) in [4.78, 5) is 14.1. The number of hydrogen-bond donors (Lipinski definition) is 2. The number of hydrogen-bond acceptors (Lipinski definition) is 3. The quantitative estimate of drug-likeness (QED) is 0.892. The first kappa shape index (κ1) is 16.0. The molecule has 0 saturated carbocycles. The summed E-state index contributed by atoms with van der Waals surface area (Å²) in [6.07, 6.45) is -0.718. The first-order valence-corrected chi connectivity index (χ1v) is 7.28. The first-order valence-electron chi connectivity index (χ1n) is 7.28. The highest BCUT2D eigenvalue weighted by molar-refractivity contribution is 5.95. The van der Waals surface area contributed by atoms with E-state index >= 15 is 0 Å². The maximum absolute atomic E-state index is 12.1. The predicted molar refractivity (Wildman–Crippen MR) is 89.2 cm³/mol. The monoisotopic (exact) mass is 298 g/mol. The van der Waals surface area contributed by atoms with Crippen molar-refractivity contribution >= 4 is 11.6 Å². The SMILES string of the molecule is Cc1ccccc1C(=O)NCC(O)c1ccc(N(C)C)cc1. The third kappa shape index (κ3) is 3.86. The van der Waals surface area contributed by atoms with Gasteiger partial charge in [0.25, 0.3) is 5.91 Å². The molecule has 2 rings (SSSR count). The largest absolute Gasteiger partial charge is 0.387 e. The molecule has 0 fully saturated rings. The zero-order valence-electron chi connectivity index (χ0n) is 13.2. The normalized spacial score (nSPS) is 11.8. The van der Waals surface area contributed by atoms with Crippen molar-refractivity contribution in [3.63, 3.8) is 0 Å². The van der Waals surface area contributed by atoms with Gasteiger partial charge in [0.2, 0.25) is 0 Å². The van der Waals surface area contributed by atoms with Crippen molar-refractivity contribution < 1.29 is 9.90 Å². The van der Waals surface area contributed by atoms with Gasteiger partial charge in [0.05, 0.1) is 6.10 Å². The van der Waals surface area contributed by atoms with E-state index in [9.17, 15) is 9.90 Å². The van der Waals surface area contributed by atoms with Gasteiger partial charge >= 0.3 is 0 Å². The summed E-state index contributed by atoms with van der Waals surface area (Å²) in [5, 5.41) is 13.0. The predicted octanol–water partition coefficient (Wildman–Crippen LogP) is 2.52. The minimum atomic E-state index is -0.718. The van der Waals surface area contributed by atoms with Gasteiger partial charge in [-0.15, -0.1) is 0 Å². The number of rotatable bonds is 5. The second kappa shape index (κ2) is 7.09. The Labute approximate surface area is 131 Å². The molecule has 0 saturated heterocycles. The van der Waals surface area contributed by atoms with Gasteiger partial charge in [-0.25, -0.2) is 0 Å². The van der Waals surface area contributed by atoms with Gasteiger partial charge in [0.15, 0.2) is 0 Å². The molecule has 2 aromatic rings. The van der Waals surface area contributed by atoms with Gasteiger partial charge in [-0.2, -0.15) is 0 Å². The molecule has 0 spiro atoms. The molecule has 0 bridgehead atoms. The van der Waals surface area contributed by atoms with Gasteiger partial charge in [0, 0.05) is 31.9 Å². The lowest BCUT2D eigenvalue weighted by atomic mass is 10.1. The molecule has 4 heteroatoms. The highest BCUT2D eigenvalue weighted by Gasteiger charge is 2.12. The van der Waals surface area contributed by atoms with Crippen LogP contribution in [-0.2, 0) is 0 Å². The number of nitrogens with one attached hydrogen (secondary N) is 1. The van der Waals surface area contributed by atoms with E-state index < -0.39 is 6.10 Å². The molecular weight excluding hydrogens is 276 g/mol. The van der Waals surface area contributed by atoms with Crippen molar-refractivity contribution in [2.45, 2.75) is 13.0 Å². The van der Waals surface area contributed by atoms with Crippen LogP contribution in [0.1, 0.15) is 27.6 Å². The maximum atomic E-state index is 12.1. The average Bonchev–Trinajstić information content (AvgIpc) is 2.52. The zero-order valence-corrected chi connectivity index (χ0v) is 13.2. The number of amides is 1. The number of carbonyl (C=O) groups is 1. The molecule has 0 aliphatic heterocycles. The van der Waals surface area contributed by atoms with Crippen LogP contribution in [0.15, 0.2) is 48.5 Å². The summed E-state index contributed by atoms with van der Waals surface area (Å²) in [6.45, 7) is 2.08. The molecule has 0 aliphatic rings. The molecule has 2 aromatic carbocycles. The zero-order chi connectivity index (χ0) is 16.1. The molecular formula is C18H22N2O2. The Balaban J connectivity index is 1.96. The maximum Gasteiger partial charge on any atom is 0.251 e. The number of nitrogens with zero attached hydrogens (tertiary/aromatic N) is 1. The van der Waals surface area contributed by atoms with E-state index in [-0.39, 0.29) is 12.5 Å². The van der Waals surface area contributed by atoms with Crippen molar-refractivity contribution in [1.82, 2.24) is 5.32 Å². The Bertz CT molecular complexity index is 636. The Morgan fingerprint density at radius 2 is 1.77 bits per heavy atom. The third-order valence-electron chi connectivity index (χ3n) is 3.64. The summed E-state index contributed by atoms with van der Waals surface area (Å²) in [5.74, 6) is -0.165. The molecule has 1 atom stereocenters. The lowest BCUT2D eigenvalue weighted by Crippen LogP contribution is -2.28. The number of aryl methyl sites for hydroxylation is 1. The Hall–Kier alpha value is -2.33. The second-order valence-corrected chi connectivity index (χ2v) is 5.53. The number of carbonyl (C=O) groups excluding carboxylic acids is 1. The van der Waals surface area contributed by atoms with E-state index in [4.69, 9.17) is 0 Å². The lowest BCUT2D eigenvalue weighted by Gasteiger charge is -2.16. The minimum Gasteiger partial charge on any atom is -0.387 e. The molecule has 2 N–H and O–H groups in total. The summed E-state index contributed by atoms with van der Waals surface area (Å²) < 4.78 is 0. The van der Waals surface area contributed by atoms with E-state index in [2.05, 4.69) is 5.32 Å². The molecule has 0 radical (unpaired) electrons. The fourth-order valence-electron chi connectivity index (χ4n) is 2.22. The van der Waals surface area contributed by atoms with Crippen LogP contribution in [0.2, 0.25) is 0 Å². The molecule has 116 valence electrons. The fraction of sp³-hybridized carbons (Fsp3) is 0.278. The smallest absolute Gasteiger partial charge is 0.251 e. The number of anilines is 1. The van der Waals surface area contributed by atoms with Gasteiger partial charge in [0.1, 0.15) is 0 Å². The van der Waals surface area contributed by atoms with E-state index in [1.54, 1.807) is 6.07 Å². The van der Waals surface area contributed by atoms with Crippen molar-refractivity contribution in [3.05, 3.63) is 65.2 Å². The lowest BCUT2D eigenvalue weighted by molar-refractivity contribution is 0.0915. The average molecular weight is 298 g/mol. The van der Waals surface area contributed by atoms with E-state index in [0.717, 1.165) is 16.8 Å². The number of aliphatic hydroxyl groups is 1. The Morgan fingerprint density at radius 1 is 1.14 bits per heavy atom. The van der Waals surface area contributed by atoms with Crippen LogP contribution in [0, 0.1) is 6.92 Å². The highest BCUT2D eigenvalue weighted by Crippen LogP contribution is 2.17. The van der Waals surface area contributed by atoms with Crippen LogP contribution in [-0.4, -0.2) is 31.7 Å². The van der Waals surface area contributed by atoms with E-state index in [1.165, 1.54) is 0 Å². The van der Waals surface area contributed by atoms with E-state index in [1.807, 2.05) is 68.4 Å². The standard InChI is InChI=1S/C18H22N2O2/c1-13-6-4-5-7-16(13)18(22)19-12-17(21)14-8-10-15(11-9-14)20(2)3/h4-11,17,21H,12H2,1-3H3,(H,19,22). The van der Waals surface area contributed by atoms with Crippen LogP contribution in [0.5, 0.6) is 0 Å². The van der Waals surface area contributed by atoms with Crippen LogP contribution < -0.4 is 10.2 Å². The molecule has 1 unspecified atom stereocenters. The second-order valence-electron chi connectivity index (χ2n) is 5.53. The van der Waals surface area contributed by atoms with Crippen molar-refractivity contribution in [2.75, 3.05) is 25.5 Å². The summed E-state index contributed by atoms with van der Waals surface area (Å²) >= 11 is 0. The highest BCUT2D eigenvalue weighted by atomic mass is 16.3. The molecule has 22 heavy (non-hydrogen) atoms. The third-order valence-corrected chi connectivity index (χ3v) is 3.64. The molecule has 0 aromatic heterocycles. The van der Waals surface area contributed by atoms with Crippen LogP contribution >= 0.6 is 0 Å². The summed E-state index contributed by atoms with van der Waals surface area (Å²) in [7, 11) is 3.93. The van der Waals surface area contributed by atoms with Crippen LogP contribution in [0.4, 0.5) is 5.69 Å². The van der Waals surface area contributed by atoms with Crippen molar-refractivity contribution in [1.29, 1.82) is 0 Å².